The molecule has 1 fully saturated rings. The van der Waals surface area contributed by atoms with E-state index < -0.39 is 0 Å². The van der Waals surface area contributed by atoms with Crippen molar-refractivity contribution in [1.29, 1.82) is 0 Å². The summed E-state index contributed by atoms with van der Waals surface area (Å²) in [6.07, 6.45) is 3.65. The number of aromatic nitrogens is 1. The molecule has 1 aromatic carbocycles. The van der Waals surface area contributed by atoms with Gasteiger partial charge in [-0.2, -0.15) is 0 Å². The van der Waals surface area contributed by atoms with E-state index >= 15 is 0 Å². The highest BCUT2D eigenvalue weighted by atomic mass is 16.6. The summed E-state index contributed by atoms with van der Waals surface area (Å²) in [4.78, 5) is 17.4. The minimum absolute atomic E-state index is 0.00680. The van der Waals surface area contributed by atoms with Gasteiger partial charge in [0.1, 0.15) is 5.75 Å². The number of nitrogens with zero attached hydrogens (tertiary/aromatic N) is 3. The predicted molar refractivity (Wildman–Crippen MR) is 99.1 cm³/mol. The number of benzene rings is 1. The Bertz CT molecular complexity index is 752. The Morgan fingerprint density at radius 1 is 1.42 bits per heavy atom. The van der Waals surface area contributed by atoms with Crippen LogP contribution in [0, 0.1) is 10.1 Å². The van der Waals surface area contributed by atoms with Crippen LogP contribution in [0.15, 0.2) is 42.7 Å². The van der Waals surface area contributed by atoms with Gasteiger partial charge in [0.25, 0.3) is 5.69 Å². The minimum atomic E-state index is -0.362. The molecule has 0 aliphatic carbocycles. The summed E-state index contributed by atoms with van der Waals surface area (Å²) >= 11 is 0. The standard InChI is InChI=1S/C19H24N4O3/c1-14(2)26-19-6-5-17(23(24)25)10-16(19)13-22-9-8-21-12-18(22)15-4-3-7-20-11-15/h3-7,10-11,14,18,21H,8-9,12-13H2,1-2H3. The number of nitrogens with one attached hydrogen (secondary N) is 1. The lowest BCUT2D eigenvalue weighted by Gasteiger charge is -2.36. The zero-order chi connectivity index (χ0) is 18.5. The van der Waals surface area contributed by atoms with Crippen LogP contribution in [0.2, 0.25) is 0 Å². The Morgan fingerprint density at radius 2 is 2.27 bits per heavy atom. The molecule has 1 aliphatic rings. The zero-order valence-corrected chi connectivity index (χ0v) is 15.1. The third-order valence-corrected chi connectivity index (χ3v) is 4.41. The first-order chi connectivity index (χ1) is 12.5. The fourth-order valence-corrected chi connectivity index (χ4v) is 3.23. The number of hydrogen-bond acceptors (Lipinski definition) is 6. The number of pyridine rings is 1. The number of hydrogen-bond donors (Lipinski definition) is 1. The van der Waals surface area contributed by atoms with E-state index in [-0.39, 0.29) is 22.8 Å². The molecule has 1 aliphatic heterocycles. The van der Waals surface area contributed by atoms with Gasteiger partial charge in [0.2, 0.25) is 0 Å². The van der Waals surface area contributed by atoms with Crippen LogP contribution >= 0.6 is 0 Å². The van der Waals surface area contributed by atoms with Crippen LogP contribution in [0.3, 0.4) is 0 Å². The van der Waals surface area contributed by atoms with Gasteiger partial charge in [0, 0.05) is 62.3 Å². The smallest absolute Gasteiger partial charge is 0.270 e. The monoisotopic (exact) mass is 356 g/mol. The van der Waals surface area contributed by atoms with E-state index in [4.69, 9.17) is 4.74 Å². The molecule has 2 aromatic rings. The molecule has 7 nitrogen and oxygen atoms in total. The van der Waals surface area contributed by atoms with Crippen LogP contribution in [-0.2, 0) is 6.54 Å². The molecule has 0 amide bonds. The van der Waals surface area contributed by atoms with Crippen LogP contribution in [0.5, 0.6) is 5.75 Å². The molecule has 2 heterocycles. The van der Waals surface area contributed by atoms with E-state index in [1.807, 2.05) is 26.1 Å². The van der Waals surface area contributed by atoms with Crippen molar-refractivity contribution in [2.75, 3.05) is 19.6 Å². The van der Waals surface area contributed by atoms with Crippen molar-refractivity contribution in [2.24, 2.45) is 0 Å². The maximum atomic E-state index is 11.2. The molecule has 1 unspecified atom stereocenters. The van der Waals surface area contributed by atoms with Gasteiger partial charge >= 0.3 is 0 Å². The Morgan fingerprint density at radius 3 is 2.96 bits per heavy atom. The third kappa shape index (κ3) is 4.36. The van der Waals surface area contributed by atoms with Crippen molar-refractivity contribution >= 4 is 5.69 Å². The number of nitro benzene ring substituents is 1. The van der Waals surface area contributed by atoms with Crippen LogP contribution in [0.4, 0.5) is 5.69 Å². The molecule has 3 rings (SSSR count). The van der Waals surface area contributed by atoms with Gasteiger partial charge in [-0.15, -0.1) is 0 Å². The maximum absolute atomic E-state index is 11.2. The van der Waals surface area contributed by atoms with Crippen LogP contribution in [0.25, 0.3) is 0 Å². The van der Waals surface area contributed by atoms with Crippen LogP contribution < -0.4 is 10.1 Å². The summed E-state index contributed by atoms with van der Waals surface area (Å²) in [5.41, 5.74) is 2.06. The van der Waals surface area contributed by atoms with Gasteiger partial charge in [-0.3, -0.25) is 20.0 Å². The van der Waals surface area contributed by atoms with Gasteiger partial charge in [-0.05, 0) is 31.5 Å². The molecule has 0 bridgehead atoms. The van der Waals surface area contributed by atoms with Crippen molar-refractivity contribution in [3.63, 3.8) is 0 Å². The molecule has 0 spiro atoms. The first kappa shape index (κ1) is 18.3. The lowest BCUT2D eigenvalue weighted by molar-refractivity contribution is -0.385. The van der Waals surface area contributed by atoms with Crippen molar-refractivity contribution in [3.05, 3.63) is 64.0 Å². The number of non-ortho nitro benzene ring substituents is 1. The zero-order valence-electron chi connectivity index (χ0n) is 15.1. The summed E-state index contributed by atoms with van der Waals surface area (Å²) in [5.74, 6) is 0.703. The summed E-state index contributed by atoms with van der Waals surface area (Å²) in [7, 11) is 0. The van der Waals surface area contributed by atoms with Crippen LogP contribution in [0.1, 0.15) is 31.0 Å². The van der Waals surface area contributed by atoms with Gasteiger partial charge in [-0.25, -0.2) is 0 Å². The van der Waals surface area contributed by atoms with Gasteiger partial charge in [0.05, 0.1) is 11.0 Å². The minimum Gasteiger partial charge on any atom is -0.491 e. The van der Waals surface area contributed by atoms with E-state index in [1.54, 1.807) is 18.3 Å². The third-order valence-electron chi connectivity index (χ3n) is 4.41. The molecule has 1 atom stereocenters. The molecule has 7 heteroatoms. The highest BCUT2D eigenvalue weighted by Gasteiger charge is 2.25. The summed E-state index contributed by atoms with van der Waals surface area (Å²) in [5, 5.41) is 14.6. The number of piperazine rings is 1. The molecule has 0 saturated carbocycles. The molecule has 138 valence electrons. The van der Waals surface area contributed by atoms with Crippen molar-refractivity contribution in [2.45, 2.75) is 32.5 Å². The summed E-state index contributed by atoms with van der Waals surface area (Å²) < 4.78 is 5.89. The SMILES string of the molecule is CC(C)Oc1ccc([N+](=O)[O-])cc1CN1CCNCC1c1cccnc1. The number of rotatable bonds is 6. The Labute approximate surface area is 153 Å². The predicted octanol–water partition coefficient (Wildman–Crippen LogP) is 2.92. The maximum Gasteiger partial charge on any atom is 0.270 e. The molecular formula is C19H24N4O3. The first-order valence-electron chi connectivity index (χ1n) is 8.83. The Hall–Kier alpha value is -2.51. The number of nitro groups is 1. The van der Waals surface area contributed by atoms with Crippen molar-refractivity contribution < 1.29 is 9.66 Å². The molecular weight excluding hydrogens is 332 g/mol. The molecule has 1 N–H and O–H groups in total. The second-order valence-corrected chi connectivity index (χ2v) is 6.69. The van der Waals surface area contributed by atoms with Crippen molar-refractivity contribution in [1.82, 2.24) is 15.2 Å². The van der Waals surface area contributed by atoms with Crippen molar-refractivity contribution in [3.8, 4) is 5.75 Å². The largest absolute Gasteiger partial charge is 0.491 e. The van der Waals surface area contributed by atoms with Gasteiger partial charge in [0.15, 0.2) is 0 Å². The van der Waals surface area contributed by atoms with E-state index in [9.17, 15) is 10.1 Å². The van der Waals surface area contributed by atoms with E-state index in [2.05, 4.69) is 21.3 Å². The average molecular weight is 356 g/mol. The molecule has 0 radical (unpaired) electrons. The summed E-state index contributed by atoms with van der Waals surface area (Å²) in [6, 6.07) is 9.00. The lowest BCUT2D eigenvalue weighted by Crippen LogP contribution is -2.45. The fraction of sp³-hybridized carbons (Fsp3) is 0.421. The normalized spacial score (nSPS) is 18.0. The average Bonchev–Trinajstić information content (AvgIpc) is 2.64. The Balaban J connectivity index is 1.89. The molecule has 1 aromatic heterocycles. The quantitative estimate of drug-likeness (QED) is 0.633. The second-order valence-electron chi connectivity index (χ2n) is 6.69. The van der Waals surface area contributed by atoms with Gasteiger partial charge < -0.3 is 10.1 Å². The van der Waals surface area contributed by atoms with E-state index in [0.29, 0.717) is 12.3 Å². The summed E-state index contributed by atoms with van der Waals surface area (Å²) in [6.45, 7) is 7.05. The lowest BCUT2D eigenvalue weighted by atomic mass is 10.0. The van der Waals surface area contributed by atoms with Gasteiger partial charge in [-0.1, -0.05) is 6.07 Å². The fourth-order valence-electron chi connectivity index (χ4n) is 3.23. The first-order valence-corrected chi connectivity index (χ1v) is 8.83. The Kier molecular flexibility index (Phi) is 5.80. The second kappa shape index (κ2) is 8.25. The molecule has 1 saturated heterocycles. The van der Waals surface area contributed by atoms with E-state index in [1.165, 1.54) is 6.07 Å². The highest BCUT2D eigenvalue weighted by Crippen LogP contribution is 2.30. The van der Waals surface area contributed by atoms with Crippen LogP contribution in [-0.4, -0.2) is 40.5 Å². The topological polar surface area (TPSA) is 80.5 Å². The van der Waals surface area contributed by atoms with E-state index in [0.717, 1.165) is 30.8 Å². The highest BCUT2D eigenvalue weighted by molar-refractivity contribution is 5.44. The number of ether oxygens (including phenoxy) is 1. The molecule has 26 heavy (non-hydrogen) atoms.